The van der Waals surface area contributed by atoms with Gasteiger partial charge in [-0.1, -0.05) is 11.6 Å². The van der Waals surface area contributed by atoms with Gasteiger partial charge < -0.3 is 10.7 Å². The summed E-state index contributed by atoms with van der Waals surface area (Å²) in [5.74, 6) is -3.17. The third kappa shape index (κ3) is 2.20. The zero-order valence-corrected chi connectivity index (χ0v) is 12.1. The number of hydrogen-bond acceptors (Lipinski definition) is 4. The highest BCUT2D eigenvalue weighted by atomic mass is 35.5. The minimum atomic E-state index is -1.15. The quantitative estimate of drug-likeness (QED) is 0.556. The van der Waals surface area contributed by atoms with Crippen LogP contribution in [0.4, 0.5) is 14.5 Å². The fourth-order valence-corrected chi connectivity index (χ4v) is 2.46. The Kier molecular flexibility index (Phi) is 3.47. The number of benzene rings is 1. The fourth-order valence-electron chi connectivity index (χ4n) is 2.27. The van der Waals surface area contributed by atoms with Crippen LogP contribution in [0, 0.1) is 23.0 Å². The van der Waals surface area contributed by atoms with Crippen LogP contribution in [0.15, 0.2) is 24.5 Å². The van der Waals surface area contributed by atoms with E-state index in [4.69, 9.17) is 17.3 Å². The summed E-state index contributed by atoms with van der Waals surface area (Å²) in [5.41, 5.74) is 4.32. The van der Waals surface area contributed by atoms with E-state index >= 15 is 0 Å². The van der Waals surface area contributed by atoms with E-state index in [1.54, 1.807) is 0 Å². The monoisotopic (exact) mass is 332 g/mol. The summed E-state index contributed by atoms with van der Waals surface area (Å²) in [4.78, 5) is 19.2. The molecule has 0 bridgehead atoms. The zero-order valence-electron chi connectivity index (χ0n) is 11.3. The van der Waals surface area contributed by atoms with E-state index in [2.05, 4.69) is 9.97 Å². The number of aromatic nitrogens is 2. The second kappa shape index (κ2) is 5.34. The molecular weight excluding hydrogens is 326 g/mol. The zero-order chi connectivity index (χ0) is 16.7. The third-order valence-electron chi connectivity index (χ3n) is 3.36. The number of nitriles is 1. The summed E-state index contributed by atoms with van der Waals surface area (Å²) >= 11 is 5.89. The molecule has 0 aliphatic rings. The summed E-state index contributed by atoms with van der Waals surface area (Å²) in [6.07, 6.45) is 2.47. The number of carbonyl (C=O) groups excluding carboxylic acids is 1. The van der Waals surface area contributed by atoms with Gasteiger partial charge in [0.05, 0.1) is 27.4 Å². The van der Waals surface area contributed by atoms with Crippen molar-refractivity contribution in [2.75, 3.05) is 5.73 Å². The van der Waals surface area contributed by atoms with Crippen LogP contribution in [-0.4, -0.2) is 15.8 Å². The molecule has 2 heterocycles. The lowest BCUT2D eigenvalue weighted by atomic mass is 9.99. The molecule has 0 fully saturated rings. The first-order chi connectivity index (χ1) is 11.0. The van der Waals surface area contributed by atoms with Crippen molar-refractivity contribution in [3.05, 3.63) is 57.9 Å². The van der Waals surface area contributed by atoms with Gasteiger partial charge in [0.1, 0.15) is 17.5 Å². The van der Waals surface area contributed by atoms with E-state index in [-0.39, 0.29) is 32.9 Å². The lowest BCUT2D eigenvalue weighted by Crippen LogP contribution is -2.09. The fraction of sp³-hybridized carbons (Fsp3) is 0. The third-order valence-corrected chi connectivity index (χ3v) is 3.65. The summed E-state index contributed by atoms with van der Waals surface area (Å²) in [6.45, 7) is 0. The second-order valence-electron chi connectivity index (χ2n) is 4.67. The molecule has 23 heavy (non-hydrogen) atoms. The molecule has 0 aliphatic carbocycles. The molecule has 0 aliphatic heterocycles. The number of nitrogens with zero attached hydrogens (tertiary/aromatic N) is 2. The van der Waals surface area contributed by atoms with Gasteiger partial charge in [-0.25, -0.2) is 13.8 Å². The molecule has 1 aromatic carbocycles. The lowest BCUT2D eigenvalue weighted by molar-refractivity contribution is 0.103. The van der Waals surface area contributed by atoms with Crippen molar-refractivity contribution < 1.29 is 13.6 Å². The smallest absolute Gasteiger partial charge is 0.201 e. The van der Waals surface area contributed by atoms with Crippen LogP contribution >= 0.6 is 11.6 Å². The number of H-pyrrole nitrogens is 1. The van der Waals surface area contributed by atoms with Crippen molar-refractivity contribution in [1.29, 1.82) is 5.26 Å². The standard InChI is InChI=1S/C15H7ClF2N4O/c16-8-5-22-15-11(6(8)3-19)7(4-21-15)14(23)12-9(17)1-2-10(20)13(12)18/h1-2,4-5H,20H2,(H,21,22). The summed E-state index contributed by atoms with van der Waals surface area (Å²) in [7, 11) is 0. The van der Waals surface area contributed by atoms with Crippen LogP contribution in [0.2, 0.25) is 5.02 Å². The number of anilines is 1. The highest BCUT2D eigenvalue weighted by Crippen LogP contribution is 2.29. The number of pyridine rings is 1. The first-order valence-electron chi connectivity index (χ1n) is 6.29. The highest BCUT2D eigenvalue weighted by molar-refractivity contribution is 6.33. The molecule has 3 aromatic rings. The van der Waals surface area contributed by atoms with Gasteiger partial charge in [0.2, 0.25) is 5.78 Å². The topological polar surface area (TPSA) is 95.6 Å². The molecule has 0 atom stereocenters. The number of hydrogen-bond donors (Lipinski definition) is 2. The van der Waals surface area contributed by atoms with Crippen molar-refractivity contribution >= 4 is 34.1 Å². The van der Waals surface area contributed by atoms with Gasteiger partial charge in [-0.15, -0.1) is 0 Å². The molecule has 3 N–H and O–H groups in total. The van der Waals surface area contributed by atoms with Crippen molar-refractivity contribution in [1.82, 2.24) is 9.97 Å². The number of halogens is 3. The Morgan fingerprint density at radius 3 is 2.83 bits per heavy atom. The van der Waals surface area contributed by atoms with Crippen molar-refractivity contribution in [3.8, 4) is 6.07 Å². The van der Waals surface area contributed by atoms with Gasteiger partial charge in [0.15, 0.2) is 5.82 Å². The molecule has 0 saturated carbocycles. The average Bonchev–Trinajstić information content (AvgIpc) is 2.95. The maximum Gasteiger partial charge on any atom is 0.201 e. The Labute approximate surface area is 133 Å². The summed E-state index contributed by atoms with van der Waals surface area (Å²) < 4.78 is 28.0. The minimum absolute atomic E-state index is 0.00835. The van der Waals surface area contributed by atoms with Gasteiger partial charge in [0.25, 0.3) is 0 Å². The van der Waals surface area contributed by atoms with Crippen LogP contribution in [0.25, 0.3) is 11.0 Å². The maximum absolute atomic E-state index is 14.1. The maximum atomic E-state index is 14.1. The van der Waals surface area contributed by atoms with E-state index in [1.165, 1.54) is 12.4 Å². The number of nitrogens with two attached hydrogens (primary N) is 1. The van der Waals surface area contributed by atoms with E-state index in [1.807, 2.05) is 6.07 Å². The number of aromatic amines is 1. The minimum Gasteiger partial charge on any atom is -0.396 e. The van der Waals surface area contributed by atoms with Crippen molar-refractivity contribution in [2.24, 2.45) is 0 Å². The molecule has 2 aromatic heterocycles. The largest absolute Gasteiger partial charge is 0.396 e. The van der Waals surface area contributed by atoms with Gasteiger partial charge in [-0.3, -0.25) is 4.79 Å². The van der Waals surface area contributed by atoms with Gasteiger partial charge in [-0.2, -0.15) is 5.26 Å². The van der Waals surface area contributed by atoms with Gasteiger partial charge in [0, 0.05) is 17.8 Å². The van der Waals surface area contributed by atoms with Crippen molar-refractivity contribution in [3.63, 3.8) is 0 Å². The number of nitrogen functional groups attached to an aromatic ring is 1. The number of rotatable bonds is 2. The van der Waals surface area contributed by atoms with Crippen molar-refractivity contribution in [2.45, 2.75) is 0 Å². The SMILES string of the molecule is N#Cc1c(Cl)cnc2[nH]cc(C(=O)c3c(F)ccc(N)c3F)c12. The molecule has 5 nitrogen and oxygen atoms in total. The highest BCUT2D eigenvalue weighted by Gasteiger charge is 2.25. The van der Waals surface area contributed by atoms with Crippen LogP contribution in [-0.2, 0) is 0 Å². The summed E-state index contributed by atoms with van der Waals surface area (Å²) in [5, 5.41) is 9.34. The second-order valence-corrected chi connectivity index (χ2v) is 5.08. The van der Waals surface area contributed by atoms with Crippen LogP contribution < -0.4 is 5.73 Å². The van der Waals surface area contributed by atoms with E-state index < -0.39 is 23.0 Å². The molecule has 0 saturated heterocycles. The Bertz CT molecular complexity index is 1010. The van der Waals surface area contributed by atoms with E-state index in [0.29, 0.717) is 0 Å². The van der Waals surface area contributed by atoms with Crippen LogP contribution in [0.3, 0.4) is 0 Å². The molecular formula is C15H7ClF2N4O. The molecule has 0 amide bonds. The van der Waals surface area contributed by atoms with Gasteiger partial charge in [-0.05, 0) is 12.1 Å². The number of ketones is 1. The molecule has 114 valence electrons. The number of carbonyl (C=O) groups is 1. The number of nitrogens with one attached hydrogen (secondary N) is 1. The molecule has 8 heteroatoms. The van der Waals surface area contributed by atoms with Gasteiger partial charge >= 0.3 is 0 Å². The predicted molar refractivity (Wildman–Crippen MR) is 80.0 cm³/mol. The first kappa shape index (κ1) is 14.9. The Hall–Kier alpha value is -2.98. The Morgan fingerprint density at radius 2 is 2.13 bits per heavy atom. The first-order valence-corrected chi connectivity index (χ1v) is 6.67. The average molecular weight is 333 g/mol. The van der Waals surface area contributed by atoms with Crippen LogP contribution in [0.1, 0.15) is 21.5 Å². The summed E-state index contributed by atoms with van der Waals surface area (Å²) in [6, 6.07) is 3.78. The Morgan fingerprint density at radius 1 is 1.39 bits per heavy atom. The Balaban J connectivity index is 2.31. The molecule has 3 rings (SSSR count). The van der Waals surface area contributed by atoms with E-state index in [0.717, 1.165) is 12.1 Å². The molecule has 0 unspecified atom stereocenters. The molecule has 0 radical (unpaired) electrons. The lowest BCUT2D eigenvalue weighted by Gasteiger charge is -2.06. The number of fused-ring (bicyclic) bond motifs is 1. The molecule has 0 spiro atoms. The predicted octanol–water partition coefficient (Wildman–Crippen LogP) is 3.18. The van der Waals surface area contributed by atoms with E-state index in [9.17, 15) is 18.8 Å². The van der Waals surface area contributed by atoms with Crippen LogP contribution in [0.5, 0.6) is 0 Å². The normalized spacial score (nSPS) is 10.7.